The summed E-state index contributed by atoms with van der Waals surface area (Å²) in [5.74, 6) is -1.12. The van der Waals surface area contributed by atoms with Gasteiger partial charge in [-0.15, -0.1) is 0 Å². The van der Waals surface area contributed by atoms with Crippen LogP contribution in [0.25, 0.3) is 10.8 Å². The zero-order valence-corrected chi connectivity index (χ0v) is 15.9. The van der Waals surface area contributed by atoms with E-state index in [1.165, 1.54) is 0 Å². The van der Waals surface area contributed by atoms with E-state index >= 15 is 0 Å². The number of hydrogen-bond donors (Lipinski definition) is 1. The fourth-order valence-corrected chi connectivity index (χ4v) is 3.45. The Kier molecular flexibility index (Phi) is 4.76. The quantitative estimate of drug-likeness (QED) is 0.537. The summed E-state index contributed by atoms with van der Waals surface area (Å²) in [4.78, 5) is 38.5. The lowest BCUT2D eigenvalue weighted by molar-refractivity contribution is -0.148. The smallest absolute Gasteiger partial charge is 0.326 e. The Morgan fingerprint density at radius 2 is 1.66 bits per heavy atom. The summed E-state index contributed by atoms with van der Waals surface area (Å²) in [6.07, 6.45) is 0. The number of fused-ring (bicyclic) bond motifs is 1. The van der Waals surface area contributed by atoms with Crippen LogP contribution < -0.4 is 5.32 Å². The normalized spacial score (nSPS) is 18.7. The predicted molar refractivity (Wildman–Crippen MR) is 108 cm³/mol. The highest BCUT2D eigenvalue weighted by Crippen LogP contribution is 2.31. The maximum absolute atomic E-state index is 13.0. The van der Waals surface area contributed by atoms with E-state index in [9.17, 15) is 14.4 Å². The van der Waals surface area contributed by atoms with E-state index in [2.05, 4.69) is 5.32 Å². The molecule has 1 atom stereocenters. The lowest BCUT2D eigenvalue weighted by atomic mass is 9.90. The summed E-state index contributed by atoms with van der Waals surface area (Å²) < 4.78 is 5.21. The van der Waals surface area contributed by atoms with Crippen LogP contribution in [0.5, 0.6) is 0 Å². The van der Waals surface area contributed by atoms with Gasteiger partial charge in [-0.2, -0.15) is 0 Å². The highest BCUT2D eigenvalue weighted by molar-refractivity contribution is 6.09. The Hall–Kier alpha value is -3.67. The molecule has 0 spiro atoms. The molecule has 1 heterocycles. The highest BCUT2D eigenvalue weighted by atomic mass is 16.5. The van der Waals surface area contributed by atoms with E-state index in [1.807, 2.05) is 72.8 Å². The minimum atomic E-state index is -1.24. The number of urea groups is 1. The molecule has 0 saturated carbocycles. The first kappa shape index (κ1) is 18.7. The van der Waals surface area contributed by atoms with Gasteiger partial charge in [0, 0.05) is 0 Å². The van der Waals surface area contributed by atoms with Crippen molar-refractivity contribution in [1.82, 2.24) is 10.2 Å². The molecule has 1 aliphatic rings. The Bertz CT molecular complexity index is 1100. The number of ether oxygens (including phenoxy) is 1. The second-order valence-electron chi connectivity index (χ2n) is 7.15. The molecule has 29 heavy (non-hydrogen) atoms. The van der Waals surface area contributed by atoms with E-state index in [1.54, 1.807) is 6.92 Å². The number of rotatable bonds is 5. The fourth-order valence-electron chi connectivity index (χ4n) is 3.45. The van der Waals surface area contributed by atoms with Crippen LogP contribution in [-0.2, 0) is 26.5 Å². The molecule has 6 nitrogen and oxygen atoms in total. The van der Waals surface area contributed by atoms with Gasteiger partial charge in [0.05, 0.1) is 0 Å². The summed E-state index contributed by atoms with van der Waals surface area (Å²) in [6.45, 7) is 1.30. The molecule has 0 radical (unpaired) electrons. The Morgan fingerprint density at radius 1 is 0.966 bits per heavy atom. The van der Waals surface area contributed by atoms with Crippen LogP contribution in [-0.4, -0.2) is 29.4 Å². The topological polar surface area (TPSA) is 75.7 Å². The SMILES string of the molecule is C[C@]1(c2ccc3ccccc3c2)NC(=O)N(CC(=O)OCc2ccccc2)C1=O. The number of carbonyl (C=O) groups excluding carboxylic acids is 3. The van der Waals surface area contributed by atoms with Crippen molar-refractivity contribution in [1.29, 1.82) is 0 Å². The number of hydrogen-bond acceptors (Lipinski definition) is 4. The molecule has 0 aliphatic carbocycles. The van der Waals surface area contributed by atoms with Crippen LogP contribution in [0.15, 0.2) is 72.8 Å². The first-order valence-corrected chi connectivity index (χ1v) is 9.30. The zero-order valence-electron chi connectivity index (χ0n) is 15.9. The third-order valence-electron chi connectivity index (χ3n) is 5.13. The molecule has 3 amide bonds. The van der Waals surface area contributed by atoms with E-state index in [-0.39, 0.29) is 6.61 Å². The number of amides is 3. The maximum atomic E-state index is 13.0. The predicted octanol–water partition coefficient (Wildman–Crippen LogP) is 3.35. The van der Waals surface area contributed by atoms with E-state index in [0.717, 1.165) is 21.2 Å². The summed E-state index contributed by atoms with van der Waals surface area (Å²) in [5.41, 5.74) is 0.259. The second kappa shape index (κ2) is 7.39. The molecule has 146 valence electrons. The van der Waals surface area contributed by atoms with Crippen molar-refractivity contribution in [3.63, 3.8) is 0 Å². The number of esters is 1. The fraction of sp³-hybridized carbons (Fsp3) is 0.174. The monoisotopic (exact) mass is 388 g/mol. The van der Waals surface area contributed by atoms with E-state index in [0.29, 0.717) is 5.56 Å². The molecule has 1 saturated heterocycles. The van der Waals surface area contributed by atoms with Gasteiger partial charge in [-0.1, -0.05) is 66.7 Å². The average molecular weight is 388 g/mol. The number of benzene rings is 3. The lowest BCUT2D eigenvalue weighted by Gasteiger charge is -2.22. The molecule has 3 aromatic carbocycles. The van der Waals surface area contributed by atoms with E-state index < -0.39 is 30.0 Å². The van der Waals surface area contributed by atoms with Gasteiger partial charge in [-0.05, 0) is 34.9 Å². The number of nitrogens with one attached hydrogen (secondary N) is 1. The first-order valence-electron chi connectivity index (χ1n) is 9.30. The summed E-state index contributed by atoms with van der Waals surface area (Å²) in [7, 11) is 0. The third kappa shape index (κ3) is 3.57. The molecule has 0 aromatic heterocycles. The molecule has 1 aliphatic heterocycles. The Balaban J connectivity index is 1.49. The standard InChI is InChI=1S/C23H20N2O4/c1-23(19-12-11-17-9-5-6-10-18(17)13-19)21(27)25(22(28)24-23)14-20(26)29-15-16-7-3-2-4-8-16/h2-13H,14-15H2,1H3,(H,24,28)/t23-/m1/s1. The van der Waals surface area contributed by atoms with Gasteiger partial charge in [0.25, 0.3) is 5.91 Å². The average Bonchev–Trinajstić information content (AvgIpc) is 2.96. The van der Waals surface area contributed by atoms with E-state index in [4.69, 9.17) is 4.74 Å². The van der Waals surface area contributed by atoms with Gasteiger partial charge in [0.2, 0.25) is 0 Å². The maximum Gasteiger partial charge on any atom is 0.326 e. The van der Waals surface area contributed by atoms with Gasteiger partial charge in [0.1, 0.15) is 18.7 Å². The van der Waals surface area contributed by atoms with Crippen LogP contribution in [0.1, 0.15) is 18.1 Å². The van der Waals surface area contributed by atoms with Crippen LogP contribution in [0.3, 0.4) is 0 Å². The van der Waals surface area contributed by atoms with Gasteiger partial charge < -0.3 is 10.1 Å². The molecule has 4 rings (SSSR count). The highest BCUT2D eigenvalue weighted by Gasteiger charge is 2.49. The molecule has 1 N–H and O–H groups in total. The molecule has 0 bridgehead atoms. The largest absolute Gasteiger partial charge is 0.459 e. The van der Waals surface area contributed by atoms with Gasteiger partial charge in [-0.25, -0.2) is 4.79 Å². The zero-order chi connectivity index (χ0) is 20.4. The Labute approximate surface area is 168 Å². The lowest BCUT2D eigenvalue weighted by Crippen LogP contribution is -2.41. The van der Waals surface area contributed by atoms with Crippen molar-refractivity contribution in [2.24, 2.45) is 0 Å². The van der Waals surface area contributed by atoms with Crippen LogP contribution in [0.2, 0.25) is 0 Å². The molecule has 6 heteroatoms. The van der Waals surface area contributed by atoms with Gasteiger partial charge in [0.15, 0.2) is 0 Å². The third-order valence-corrected chi connectivity index (χ3v) is 5.13. The molecule has 3 aromatic rings. The van der Waals surface area contributed by atoms with Crippen molar-refractivity contribution < 1.29 is 19.1 Å². The molecular weight excluding hydrogens is 368 g/mol. The van der Waals surface area contributed by atoms with Crippen molar-refractivity contribution in [3.8, 4) is 0 Å². The van der Waals surface area contributed by atoms with Crippen LogP contribution in [0, 0.1) is 0 Å². The molecule has 1 fully saturated rings. The first-order chi connectivity index (χ1) is 14.0. The summed E-state index contributed by atoms with van der Waals surface area (Å²) in [6, 6.07) is 22.0. The summed E-state index contributed by atoms with van der Waals surface area (Å²) >= 11 is 0. The molecule has 0 unspecified atom stereocenters. The number of nitrogens with zero attached hydrogens (tertiary/aromatic N) is 1. The minimum Gasteiger partial charge on any atom is -0.459 e. The number of carbonyl (C=O) groups is 3. The van der Waals surface area contributed by atoms with Crippen molar-refractivity contribution in [2.45, 2.75) is 19.1 Å². The minimum absolute atomic E-state index is 0.0886. The second-order valence-corrected chi connectivity index (χ2v) is 7.15. The number of imide groups is 1. The van der Waals surface area contributed by atoms with Gasteiger partial charge in [-0.3, -0.25) is 14.5 Å². The Morgan fingerprint density at radius 3 is 2.41 bits per heavy atom. The van der Waals surface area contributed by atoms with Crippen LogP contribution in [0.4, 0.5) is 4.79 Å². The van der Waals surface area contributed by atoms with Crippen LogP contribution >= 0.6 is 0 Å². The van der Waals surface area contributed by atoms with Gasteiger partial charge >= 0.3 is 12.0 Å². The van der Waals surface area contributed by atoms with Crippen molar-refractivity contribution >= 4 is 28.7 Å². The summed E-state index contributed by atoms with van der Waals surface area (Å²) in [5, 5.41) is 4.73. The molecular formula is C23H20N2O4. The van der Waals surface area contributed by atoms with Crippen molar-refractivity contribution in [3.05, 3.63) is 83.9 Å². The van der Waals surface area contributed by atoms with Crippen molar-refractivity contribution in [2.75, 3.05) is 6.54 Å².